The van der Waals surface area contributed by atoms with E-state index in [0.717, 1.165) is 16.8 Å². The van der Waals surface area contributed by atoms with E-state index in [1.165, 1.54) is 12.1 Å². The van der Waals surface area contributed by atoms with E-state index < -0.39 is 5.82 Å². The van der Waals surface area contributed by atoms with Crippen molar-refractivity contribution in [2.45, 2.75) is 19.9 Å². The number of aromatic nitrogens is 1. The van der Waals surface area contributed by atoms with E-state index in [0.29, 0.717) is 36.1 Å². The summed E-state index contributed by atoms with van der Waals surface area (Å²) in [7, 11) is 0. The van der Waals surface area contributed by atoms with Gasteiger partial charge >= 0.3 is 0 Å². The fourth-order valence-corrected chi connectivity index (χ4v) is 3.68. The molecule has 1 aliphatic heterocycles. The molecule has 28 heavy (non-hydrogen) atoms. The van der Waals surface area contributed by atoms with Crippen LogP contribution in [0.5, 0.6) is 0 Å². The van der Waals surface area contributed by atoms with Gasteiger partial charge in [-0.1, -0.05) is 23.2 Å². The van der Waals surface area contributed by atoms with Crippen LogP contribution in [-0.2, 0) is 17.8 Å². The molecule has 144 valence electrons. The number of nitrogens with one attached hydrogen (secondary N) is 2. The summed E-state index contributed by atoms with van der Waals surface area (Å²) < 4.78 is 13.5. The van der Waals surface area contributed by atoms with Crippen LogP contribution in [0, 0.1) is 12.7 Å². The van der Waals surface area contributed by atoms with E-state index in [4.69, 9.17) is 11.6 Å². The number of benzene rings is 2. The summed E-state index contributed by atoms with van der Waals surface area (Å²) in [5.74, 6) is -0.849. The monoisotopic (exact) mass is 399 g/mol. The second-order valence-electron chi connectivity index (χ2n) is 7.10. The zero-order valence-electron chi connectivity index (χ0n) is 15.3. The number of hydrogen-bond acceptors (Lipinski definition) is 3. The molecule has 1 aliphatic rings. The first kappa shape index (κ1) is 18.7. The highest BCUT2D eigenvalue weighted by Crippen LogP contribution is 2.20. The van der Waals surface area contributed by atoms with Gasteiger partial charge in [0.15, 0.2) is 5.43 Å². The Morgan fingerprint density at radius 1 is 1.29 bits per heavy atom. The molecule has 2 heterocycles. The van der Waals surface area contributed by atoms with Gasteiger partial charge in [-0.2, -0.15) is 0 Å². The maximum atomic E-state index is 13.5. The van der Waals surface area contributed by atoms with Crippen LogP contribution in [0.3, 0.4) is 0 Å². The minimum absolute atomic E-state index is 0.00678. The highest BCUT2D eigenvalue weighted by Gasteiger charge is 2.22. The van der Waals surface area contributed by atoms with Gasteiger partial charge in [0.05, 0.1) is 11.6 Å². The molecular formula is C21H19ClFN3O2. The van der Waals surface area contributed by atoms with Gasteiger partial charge in [0, 0.05) is 47.4 Å². The maximum Gasteiger partial charge on any atom is 0.238 e. The zero-order chi connectivity index (χ0) is 19.8. The van der Waals surface area contributed by atoms with Crippen LogP contribution in [0.4, 0.5) is 10.1 Å². The van der Waals surface area contributed by atoms with Crippen molar-refractivity contribution in [1.29, 1.82) is 0 Å². The van der Waals surface area contributed by atoms with Crippen LogP contribution < -0.4 is 10.7 Å². The van der Waals surface area contributed by atoms with Crippen LogP contribution in [0.2, 0.25) is 5.02 Å². The summed E-state index contributed by atoms with van der Waals surface area (Å²) in [5.41, 5.74) is 3.86. The topological polar surface area (TPSA) is 65.2 Å². The van der Waals surface area contributed by atoms with E-state index in [-0.39, 0.29) is 22.9 Å². The normalized spacial score (nSPS) is 14.1. The Hall–Kier alpha value is -2.70. The lowest BCUT2D eigenvalue weighted by atomic mass is 10.0. The Bertz CT molecular complexity index is 1140. The van der Waals surface area contributed by atoms with E-state index >= 15 is 0 Å². The average Bonchev–Trinajstić information content (AvgIpc) is 2.66. The Morgan fingerprint density at radius 3 is 2.89 bits per heavy atom. The first-order chi connectivity index (χ1) is 13.4. The van der Waals surface area contributed by atoms with Crippen molar-refractivity contribution in [3.63, 3.8) is 0 Å². The van der Waals surface area contributed by atoms with E-state index in [2.05, 4.69) is 10.3 Å². The van der Waals surface area contributed by atoms with Crippen LogP contribution in [0.15, 0.2) is 41.2 Å². The van der Waals surface area contributed by atoms with E-state index in [9.17, 15) is 14.0 Å². The van der Waals surface area contributed by atoms with Gasteiger partial charge in [-0.15, -0.1) is 0 Å². The molecule has 2 N–H and O–H groups in total. The summed E-state index contributed by atoms with van der Waals surface area (Å²) in [4.78, 5) is 30.5. The number of hydrogen-bond donors (Lipinski definition) is 2. The lowest BCUT2D eigenvalue weighted by Crippen LogP contribution is -2.39. The molecule has 0 spiro atoms. The lowest BCUT2D eigenvalue weighted by molar-refractivity contribution is -0.117. The highest BCUT2D eigenvalue weighted by molar-refractivity contribution is 6.30. The van der Waals surface area contributed by atoms with Gasteiger partial charge in [-0.25, -0.2) is 4.39 Å². The smallest absolute Gasteiger partial charge is 0.238 e. The molecule has 0 radical (unpaired) electrons. The SMILES string of the molecule is Cc1ccc2[nH]c3c(c(=O)c2c1)CN(CC(=O)Nc1ccc(Cl)c(F)c1)CC3. The largest absolute Gasteiger partial charge is 0.358 e. The van der Waals surface area contributed by atoms with E-state index in [1.807, 2.05) is 30.0 Å². The van der Waals surface area contributed by atoms with Crippen LogP contribution in [0.1, 0.15) is 16.8 Å². The number of rotatable bonds is 3. The molecule has 1 aromatic heterocycles. The summed E-state index contributed by atoms with van der Waals surface area (Å²) in [6.45, 7) is 3.13. The average molecular weight is 400 g/mol. The predicted molar refractivity (Wildman–Crippen MR) is 108 cm³/mol. The third kappa shape index (κ3) is 3.66. The fourth-order valence-electron chi connectivity index (χ4n) is 3.56. The van der Waals surface area contributed by atoms with Gasteiger partial charge in [0.1, 0.15) is 5.82 Å². The third-order valence-electron chi connectivity index (χ3n) is 4.97. The molecule has 0 atom stereocenters. The Morgan fingerprint density at radius 2 is 2.11 bits per heavy atom. The molecular weight excluding hydrogens is 381 g/mol. The predicted octanol–water partition coefficient (Wildman–Crippen LogP) is 3.63. The minimum Gasteiger partial charge on any atom is -0.358 e. The lowest BCUT2D eigenvalue weighted by Gasteiger charge is -2.27. The summed E-state index contributed by atoms with van der Waals surface area (Å²) in [6.07, 6.45) is 0.664. The number of aromatic amines is 1. The number of H-pyrrole nitrogens is 1. The zero-order valence-corrected chi connectivity index (χ0v) is 16.1. The van der Waals surface area contributed by atoms with Crippen LogP contribution in [0.25, 0.3) is 10.9 Å². The van der Waals surface area contributed by atoms with Gasteiger partial charge < -0.3 is 10.3 Å². The minimum atomic E-state index is -0.583. The Kier molecular flexibility index (Phi) is 4.91. The van der Waals surface area contributed by atoms with Crippen molar-refractivity contribution in [2.24, 2.45) is 0 Å². The first-order valence-electron chi connectivity index (χ1n) is 9.02. The molecule has 0 aliphatic carbocycles. The number of aryl methyl sites for hydroxylation is 1. The summed E-state index contributed by atoms with van der Waals surface area (Å²) in [5, 5.41) is 3.34. The van der Waals surface area contributed by atoms with Crippen molar-refractivity contribution >= 4 is 34.1 Å². The number of anilines is 1. The molecule has 3 aromatic rings. The Labute approximate surface area is 166 Å². The van der Waals surface area contributed by atoms with Gasteiger partial charge in [-0.05, 0) is 37.3 Å². The maximum absolute atomic E-state index is 13.5. The molecule has 2 aromatic carbocycles. The molecule has 5 nitrogen and oxygen atoms in total. The second-order valence-corrected chi connectivity index (χ2v) is 7.51. The number of fused-ring (bicyclic) bond motifs is 2. The van der Waals surface area contributed by atoms with Crippen molar-refractivity contribution < 1.29 is 9.18 Å². The van der Waals surface area contributed by atoms with Crippen molar-refractivity contribution in [1.82, 2.24) is 9.88 Å². The molecule has 0 fully saturated rings. The Balaban J connectivity index is 1.51. The molecule has 0 bridgehead atoms. The summed E-state index contributed by atoms with van der Waals surface area (Å²) in [6, 6.07) is 9.92. The van der Waals surface area contributed by atoms with Crippen molar-refractivity contribution in [2.75, 3.05) is 18.4 Å². The standard InChI is InChI=1S/C21H19ClFN3O2/c1-12-2-5-18-14(8-12)21(28)15-10-26(7-6-19(15)25-18)11-20(27)24-13-3-4-16(22)17(23)9-13/h2-5,8-9H,6-7,10-11H2,1H3,(H,24,27)(H,25,28). The molecule has 4 rings (SSSR count). The quantitative estimate of drug-likeness (QED) is 0.707. The van der Waals surface area contributed by atoms with Crippen LogP contribution >= 0.6 is 11.6 Å². The fraction of sp³-hybridized carbons (Fsp3) is 0.238. The van der Waals surface area contributed by atoms with Crippen LogP contribution in [-0.4, -0.2) is 28.9 Å². The number of amides is 1. The van der Waals surface area contributed by atoms with Gasteiger partial charge in [-0.3, -0.25) is 14.5 Å². The molecule has 1 amide bonds. The summed E-state index contributed by atoms with van der Waals surface area (Å²) >= 11 is 5.66. The van der Waals surface area contributed by atoms with Gasteiger partial charge in [0.2, 0.25) is 5.91 Å². The number of nitrogens with zero attached hydrogens (tertiary/aromatic N) is 1. The number of pyridine rings is 1. The first-order valence-corrected chi connectivity index (χ1v) is 9.40. The van der Waals surface area contributed by atoms with Crippen molar-refractivity contribution in [3.05, 3.63) is 74.3 Å². The highest BCUT2D eigenvalue weighted by atomic mass is 35.5. The third-order valence-corrected chi connectivity index (χ3v) is 5.28. The molecule has 7 heteroatoms. The van der Waals surface area contributed by atoms with E-state index in [1.54, 1.807) is 6.07 Å². The second kappa shape index (κ2) is 7.37. The van der Waals surface area contributed by atoms with Gasteiger partial charge in [0.25, 0.3) is 0 Å². The number of carbonyl (C=O) groups is 1. The number of carbonyl (C=O) groups excluding carboxylic acids is 1. The molecule has 0 saturated heterocycles. The van der Waals surface area contributed by atoms with Crippen molar-refractivity contribution in [3.8, 4) is 0 Å². The number of halogens is 2. The molecule has 0 unspecified atom stereocenters. The molecule has 0 saturated carbocycles.